The summed E-state index contributed by atoms with van der Waals surface area (Å²) in [4.78, 5) is 11.3. The summed E-state index contributed by atoms with van der Waals surface area (Å²) in [6.07, 6.45) is -0.0120. The monoisotopic (exact) mass is 294 g/mol. The summed E-state index contributed by atoms with van der Waals surface area (Å²) in [5, 5.41) is 0. The second-order valence-electron chi connectivity index (χ2n) is 4.19. The van der Waals surface area contributed by atoms with Crippen molar-refractivity contribution in [3.63, 3.8) is 0 Å². The predicted molar refractivity (Wildman–Crippen MR) is 71.8 cm³/mol. The molecule has 6 heteroatoms. The van der Waals surface area contributed by atoms with Crippen LogP contribution < -0.4 is 0 Å². The zero-order valence-electron chi connectivity index (χ0n) is 10.9. The van der Waals surface area contributed by atoms with Gasteiger partial charge >= 0.3 is 5.97 Å². The van der Waals surface area contributed by atoms with Crippen molar-refractivity contribution in [3.8, 4) is 0 Å². The molecule has 0 amide bonds. The van der Waals surface area contributed by atoms with E-state index in [9.17, 15) is 13.2 Å². The van der Waals surface area contributed by atoms with E-state index in [1.165, 1.54) is 19.2 Å². The van der Waals surface area contributed by atoms with Gasteiger partial charge in [-0.1, -0.05) is 18.2 Å². The number of hydrogen-bond donors (Lipinski definition) is 0. The lowest BCUT2D eigenvalue weighted by atomic mass is 10.3. The molecule has 2 aromatic rings. The number of rotatable bonds is 5. The summed E-state index contributed by atoms with van der Waals surface area (Å²) in [7, 11) is -2.16. The Labute approximate surface area is 117 Å². The molecule has 20 heavy (non-hydrogen) atoms. The molecule has 0 radical (unpaired) electrons. The Balaban J connectivity index is 2.13. The molecule has 0 unspecified atom stereocenters. The van der Waals surface area contributed by atoms with Crippen LogP contribution >= 0.6 is 0 Å². The molecule has 0 N–H and O–H groups in total. The maximum Gasteiger partial charge on any atom is 0.313 e. The number of carbonyl (C=O) groups is 1. The number of carbonyl (C=O) groups excluding carboxylic acids is 1. The van der Waals surface area contributed by atoms with Gasteiger partial charge in [0.2, 0.25) is 0 Å². The van der Waals surface area contributed by atoms with Crippen molar-refractivity contribution in [1.82, 2.24) is 0 Å². The Hall–Kier alpha value is -2.08. The van der Waals surface area contributed by atoms with Gasteiger partial charge in [0, 0.05) is 0 Å². The van der Waals surface area contributed by atoms with Gasteiger partial charge in [0.25, 0.3) is 0 Å². The largest absolute Gasteiger partial charge is 0.469 e. The van der Waals surface area contributed by atoms with E-state index in [2.05, 4.69) is 4.74 Å². The molecule has 1 heterocycles. The molecule has 5 nitrogen and oxygen atoms in total. The molecule has 0 saturated heterocycles. The van der Waals surface area contributed by atoms with Gasteiger partial charge in [-0.25, -0.2) is 8.42 Å². The molecule has 2 rings (SSSR count). The van der Waals surface area contributed by atoms with Crippen LogP contribution in [0.4, 0.5) is 0 Å². The van der Waals surface area contributed by atoms with Crippen LogP contribution in [0.25, 0.3) is 0 Å². The summed E-state index contributed by atoms with van der Waals surface area (Å²) < 4.78 is 34.1. The average molecular weight is 294 g/mol. The van der Waals surface area contributed by atoms with Gasteiger partial charge < -0.3 is 9.15 Å². The normalized spacial score (nSPS) is 11.2. The molecule has 106 valence electrons. The van der Waals surface area contributed by atoms with E-state index in [0.717, 1.165) is 0 Å². The van der Waals surface area contributed by atoms with Crippen LogP contribution in [0.15, 0.2) is 51.8 Å². The minimum Gasteiger partial charge on any atom is -0.469 e. The van der Waals surface area contributed by atoms with Crippen molar-refractivity contribution >= 4 is 15.8 Å². The van der Waals surface area contributed by atoms with E-state index in [1.807, 2.05) is 0 Å². The molecule has 0 aliphatic carbocycles. The summed E-state index contributed by atoms with van der Waals surface area (Å²) in [5.41, 5.74) is 0. The van der Waals surface area contributed by atoms with Gasteiger partial charge in [0.1, 0.15) is 23.7 Å². The van der Waals surface area contributed by atoms with Crippen molar-refractivity contribution in [2.24, 2.45) is 0 Å². The first-order valence-electron chi connectivity index (χ1n) is 5.93. The topological polar surface area (TPSA) is 73.6 Å². The van der Waals surface area contributed by atoms with Gasteiger partial charge in [-0.05, 0) is 24.3 Å². The third-order valence-corrected chi connectivity index (χ3v) is 4.35. The van der Waals surface area contributed by atoms with E-state index < -0.39 is 15.8 Å². The van der Waals surface area contributed by atoms with Gasteiger partial charge in [-0.15, -0.1) is 0 Å². The molecule has 0 aliphatic rings. The van der Waals surface area contributed by atoms with Crippen molar-refractivity contribution < 1.29 is 22.4 Å². The molecule has 0 bridgehead atoms. The molecule has 0 saturated carbocycles. The molecule has 0 spiro atoms. The first-order valence-corrected chi connectivity index (χ1v) is 7.59. The standard InChI is InChI=1S/C14H14O5S/c1-18-14(15)9-11-7-8-12(19-11)10-20(16,17)13-5-3-2-4-6-13/h2-8H,9-10H2,1H3. The Kier molecular flexibility index (Phi) is 4.24. The minimum absolute atomic E-state index is 0.0120. The number of benzene rings is 1. The van der Waals surface area contributed by atoms with Gasteiger partial charge in [-0.2, -0.15) is 0 Å². The average Bonchev–Trinajstić information content (AvgIpc) is 2.86. The number of methoxy groups -OCH3 is 1. The van der Waals surface area contributed by atoms with Crippen LogP contribution in [-0.2, 0) is 31.5 Å². The SMILES string of the molecule is COC(=O)Cc1ccc(CS(=O)(=O)c2ccccc2)o1. The smallest absolute Gasteiger partial charge is 0.313 e. The Morgan fingerprint density at radius 1 is 1.10 bits per heavy atom. The second-order valence-corrected chi connectivity index (χ2v) is 6.18. The third kappa shape index (κ3) is 3.48. The summed E-state index contributed by atoms with van der Waals surface area (Å²) in [6, 6.07) is 11.3. The lowest BCUT2D eigenvalue weighted by Gasteiger charge is -2.02. The Bertz CT molecular complexity index is 685. The third-order valence-electron chi connectivity index (χ3n) is 2.70. The Morgan fingerprint density at radius 3 is 2.40 bits per heavy atom. The van der Waals surface area contributed by atoms with Crippen LogP contribution in [0.3, 0.4) is 0 Å². The highest BCUT2D eigenvalue weighted by Gasteiger charge is 2.18. The fourth-order valence-corrected chi connectivity index (χ4v) is 2.98. The second kappa shape index (κ2) is 5.92. The van der Waals surface area contributed by atoms with Crippen molar-refractivity contribution in [2.45, 2.75) is 17.1 Å². The molecular formula is C14H14O5S. The lowest BCUT2D eigenvalue weighted by molar-refractivity contribution is -0.140. The summed E-state index contributed by atoms with van der Waals surface area (Å²) in [6.45, 7) is 0. The highest BCUT2D eigenvalue weighted by Crippen LogP contribution is 2.18. The zero-order chi connectivity index (χ0) is 14.6. The molecule has 1 aromatic carbocycles. The van der Waals surface area contributed by atoms with Crippen LogP contribution in [0.1, 0.15) is 11.5 Å². The van der Waals surface area contributed by atoms with Crippen LogP contribution in [0.5, 0.6) is 0 Å². The number of hydrogen-bond acceptors (Lipinski definition) is 5. The van der Waals surface area contributed by atoms with Crippen molar-refractivity contribution in [3.05, 3.63) is 54.0 Å². The van der Waals surface area contributed by atoms with Gasteiger partial charge in [0.05, 0.1) is 12.0 Å². The molecule has 0 fully saturated rings. The van der Waals surface area contributed by atoms with Crippen LogP contribution in [0, 0.1) is 0 Å². The van der Waals surface area contributed by atoms with E-state index in [1.54, 1.807) is 30.3 Å². The number of sulfone groups is 1. The maximum absolute atomic E-state index is 12.1. The van der Waals surface area contributed by atoms with E-state index in [-0.39, 0.29) is 17.1 Å². The molecule has 1 aromatic heterocycles. The van der Waals surface area contributed by atoms with Crippen LogP contribution in [-0.4, -0.2) is 21.5 Å². The predicted octanol–water partition coefficient (Wildman–Crippen LogP) is 1.97. The highest BCUT2D eigenvalue weighted by molar-refractivity contribution is 7.90. The number of esters is 1. The fourth-order valence-electron chi connectivity index (χ4n) is 1.71. The van der Waals surface area contributed by atoms with Crippen molar-refractivity contribution in [2.75, 3.05) is 7.11 Å². The van der Waals surface area contributed by atoms with Crippen molar-refractivity contribution in [1.29, 1.82) is 0 Å². The maximum atomic E-state index is 12.1. The summed E-state index contributed by atoms with van der Waals surface area (Å²) >= 11 is 0. The fraction of sp³-hybridized carbons (Fsp3) is 0.214. The first kappa shape index (κ1) is 14.3. The zero-order valence-corrected chi connectivity index (χ0v) is 11.7. The molecule has 0 atom stereocenters. The number of ether oxygens (including phenoxy) is 1. The van der Waals surface area contributed by atoms with E-state index >= 15 is 0 Å². The summed E-state index contributed by atoms with van der Waals surface area (Å²) in [5.74, 6) is 0.0118. The molecule has 0 aliphatic heterocycles. The minimum atomic E-state index is -3.44. The quantitative estimate of drug-likeness (QED) is 0.788. The lowest BCUT2D eigenvalue weighted by Crippen LogP contribution is -2.04. The van der Waals surface area contributed by atoms with Gasteiger partial charge in [-0.3, -0.25) is 4.79 Å². The van der Waals surface area contributed by atoms with E-state index in [0.29, 0.717) is 11.5 Å². The van der Waals surface area contributed by atoms with Crippen LogP contribution in [0.2, 0.25) is 0 Å². The molecular weight excluding hydrogens is 280 g/mol. The first-order chi connectivity index (χ1) is 9.51. The van der Waals surface area contributed by atoms with E-state index in [4.69, 9.17) is 4.42 Å². The Morgan fingerprint density at radius 2 is 1.75 bits per heavy atom. The van der Waals surface area contributed by atoms with Gasteiger partial charge in [0.15, 0.2) is 9.84 Å². The number of furan rings is 1. The highest BCUT2D eigenvalue weighted by atomic mass is 32.2.